The summed E-state index contributed by atoms with van der Waals surface area (Å²) in [5.74, 6) is -0.503. The highest BCUT2D eigenvalue weighted by atomic mass is 16.3. The van der Waals surface area contributed by atoms with Crippen LogP contribution in [0.3, 0.4) is 0 Å². The number of aromatic amines is 3. The van der Waals surface area contributed by atoms with E-state index in [1.54, 1.807) is 30.3 Å². The fraction of sp³-hybridized carbons (Fsp3) is 0.250. The summed E-state index contributed by atoms with van der Waals surface area (Å²) in [4.78, 5) is 51.2. The van der Waals surface area contributed by atoms with Crippen molar-refractivity contribution in [1.82, 2.24) is 19.5 Å². The van der Waals surface area contributed by atoms with Gasteiger partial charge >= 0.3 is 11.4 Å². The molecule has 0 saturated carbocycles. The SMILES string of the molecule is Cc1ccc(-n2c(O)c(C=Nc3cc4[nH]c(=O)[nH]c4cc3N3CCCCC3)c(=O)[nH]c2=O)cc1. The van der Waals surface area contributed by atoms with Crippen LogP contribution in [0.5, 0.6) is 5.88 Å². The topological polar surface area (TPSA) is 139 Å². The van der Waals surface area contributed by atoms with E-state index in [0.717, 1.165) is 48.2 Å². The lowest BCUT2D eigenvalue weighted by Gasteiger charge is -2.29. The Hall–Kier alpha value is -4.34. The van der Waals surface area contributed by atoms with E-state index in [4.69, 9.17) is 0 Å². The van der Waals surface area contributed by atoms with Crippen molar-refractivity contribution in [1.29, 1.82) is 0 Å². The molecule has 4 aromatic rings. The summed E-state index contributed by atoms with van der Waals surface area (Å²) in [5.41, 5.74) is 2.06. The summed E-state index contributed by atoms with van der Waals surface area (Å²) in [6.07, 6.45) is 4.50. The first kappa shape index (κ1) is 21.5. The van der Waals surface area contributed by atoms with Crippen molar-refractivity contribution >= 4 is 28.6 Å². The van der Waals surface area contributed by atoms with Crippen molar-refractivity contribution in [2.75, 3.05) is 18.0 Å². The molecule has 174 valence electrons. The molecule has 2 aromatic heterocycles. The molecule has 4 N–H and O–H groups in total. The molecule has 0 amide bonds. The number of nitrogens with one attached hydrogen (secondary N) is 3. The van der Waals surface area contributed by atoms with Crippen molar-refractivity contribution < 1.29 is 5.11 Å². The maximum atomic E-state index is 12.5. The van der Waals surface area contributed by atoms with Gasteiger partial charge in [-0.05, 0) is 50.5 Å². The van der Waals surface area contributed by atoms with Crippen molar-refractivity contribution in [3.63, 3.8) is 0 Å². The molecule has 3 heterocycles. The first-order chi connectivity index (χ1) is 16.4. The summed E-state index contributed by atoms with van der Waals surface area (Å²) in [5, 5.41) is 10.8. The molecule has 0 unspecified atom stereocenters. The van der Waals surface area contributed by atoms with Crippen molar-refractivity contribution in [2.45, 2.75) is 26.2 Å². The summed E-state index contributed by atoms with van der Waals surface area (Å²) < 4.78 is 1.03. The number of piperidine rings is 1. The van der Waals surface area contributed by atoms with Gasteiger partial charge in [-0.3, -0.25) is 14.8 Å². The van der Waals surface area contributed by atoms with Crippen LogP contribution >= 0.6 is 0 Å². The van der Waals surface area contributed by atoms with Gasteiger partial charge in [0.25, 0.3) is 5.56 Å². The Labute approximate surface area is 193 Å². The molecule has 34 heavy (non-hydrogen) atoms. The number of rotatable bonds is 4. The Kier molecular flexibility index (Phi) is 5.40. The minimum atomic E-state index is -0.746. The first-order valence-corrected chi connectivity index (χ1v) is 11.1. The lowest BCUT2D eigenvalue weighted by Crippen LogP contribution is -2.31. The second-order valence-corrected chi connectivity index (χ2v) is 8.44. The van der Waals surface area contributed by atoms with Gasteiger partial charge in [-0.25, -0.2) is 14.2 Å². The van der Waals surface area contributed by atoms with Gasteiger partial charge in [-0.1, -0.05) is 17.7 Å². The predicted octanol–water partition coefficient (Wildman–Crippen LogP) is 2.45. The number of hydrogen-bond acceptors (Lipinski definition) is 6. The zero-order valence-electron chi connectivity index (χ0n) is 18.6. The number of aryl methyl sites for hydroxylation is 1. The Morgan fingerprint density at radius 1 is 0.941 bits per heavy atom. The zero-order valence-corrected chi connectivity index (χ0v) is 18.6. The third kappa shape index (κ3) is 3.94. The monoisotopic (exact) mass is 460 g/mol. The predicted molar refractivity (Wildman–Crippen MR) is 131 cm³/mol. The molecule has 10 nitrogen and oxygen atoms in total. The minimum Gasteiger partial charge on any atom is -0.493 e. The molecule has 1 aliphatic heterocycles. The van der Waals surface area contributed by atoms with E-state index < -0.39 is 17.1 Å². The minimum absolute atomic E-state index is 0.146. The Bertz CT molecular complexity index is 1570. The average molecular weight is 460 g/mol. The van der Waals surface area contributed by atoms with E-state index >= 15 is 0 Å². The van der Waals surface area contributed by atoms with E-state index in [1.165, 1.54) is 6.21 Å². The highest BCUT2D eigenvalue weighted by Gasteiger charge is 2.18. The molecule has 0 bridgehead atoms. The van der Waals surface area contributed by atoms with Gasteiger partial charge in [0.05, 0.1) is 28.1 Å². The molecule has 0 aliphatic carbocycles. The van der Waals surface area contributed by atoms with Gasteiger partial charge in [0, 0.05) is 19.3 Å². The van der Waals surface area contributed by atoms with Crippen molar-refractivity contribution in [2.24, 2.45) is 4.99 Å². The van der Waals surface area contributed by atoms with Crippen LogP contribution in [0.1, 0.15) is 30.4 Å². The van der Waals surface area contributed by atoms with E-state index in [0.29, 0.717) is 22.4 Å². The standard InChI is InChI=1S/C24H24N6O4/c1-14-5-7-15(8-6-14)30-22(32)16(21(31)28-24(30)34)13-25-19-11-17-18(27-23(33)26-17)12-20(19)29-9-3-2-4-10-29/h5-8,11-13,32H,2-4,9-10H2,1H3,(H2,26,27,33)(H,28,31,34). The van der Waals surface area contributed by atoms with Crippen LogP contribution in [0.25, 0.3) is 16.7 Å². The first-order valence-electron chi connectivity index (χ1n) is 11.1. The number of benzene rings is 2. The number of imidazole rings is 1. The second-order valence-electron chi connectivity index (χ2n) is 8.44. The van der Waals surface area contributed by atoms with Crippen LogP contribution in [0.2, 0.25) is 0 Å². The van der Waals surface area contributed by atoms with Crippen LogP contribution in [0.15, 0.2) is 55.8 Å². The normalized spacial score (nSPS) is 14.3. The molecule has 2 aromatic carbocycles. The largest absolute Gasteiger partial charge is 0.493 e. The van der Waals surface area contributed by atoms with Crippen LogP contribution in [0, 0.1) is 6.92 Å². The Morgan fingerprint density at radius 2 is 1.62 bits per heavy atom. The van der Waals surface area contributed by atoms with Gasteiger partial charge in [0.1, 0.15) is 5.56 Å². The number of fused-ring (bicyclic) bond motifs is 1. The third-order valence-corrected chi connectivity index (χ3v) is 6.05. The molecule has 0 spiro atoms. The van der Waals surface area contributed by atoms with Gasteiger partial charge < -0.3 is 20.0 Å². The highest BCUT2D eigenvalue weighted by molar-refractivity contribution is 5.91. The van der Waals surface area contributed by atoms with E-state index in [9.17, 15) is 19.5 Å². The van der Waals surface area contributed by atoms with Crippen LogP contribution in [0.4, 0.5) is 11.4 Å². The number of aromatic nitrogens is 4. The lowest BCUT2D eigenvalue weighted by molar-refractivity contribution is 0.430. The number of nitrogens with zero attached hydrogens (tertiary/aromatic N) is 3. The summed E-state index contributed by atoms with van der Waals surface area (Å²) >= 11 is 0. The summed E-state index contributed by atoms with van der Waals surface area (Å²) in [6.45, 7) is 3.62. The van der Waals surface area contributed by atoms with Crippen molar-refractivity contribution in [3.8, 4) is 11.6 Å². The number of H-pyrrole nitrogens is 3. The van der Waals surface area contributed by atoms with Gasteiger partial charge in [-0.2, -0.15) is 0 Å². The zero-order chi connectivity index (χ0) is 23.8. The van der Waals surface area contributed by atoms with E-state index in [2.05, 4.69) is 24.8 Å². The fourth-order valence-corrected chi connectivity index (χ4v) is 4.27. The Morgan fingerprint density at radius 3 is 2.32 bits per heavy atom. The van der Waals surface area contributed by atoms with Crippen molar-refractivity contribution in [3.05, 3.63) is 78.8 Å². The molecule has 5 rings (SSSR count). The number of aliphatic imine (C=N–C) groups is 1. The second kappa shape index (κ2) is 8.54. The number of anilines is 1. The molecule has 1 aliphatic rings. The van der Waals surface area contributed by atoms with Crippen LogP contribution in [-0.4, -0.2) is 43.9 Å². The number of hydrogen-bond donors (Lipinski definition) is 4. The maximum absolute atomic E-state index is 12.5. The van der Waals surface area contributed by atoms with Gasteiger partial charge in [0.15, 0.2) is 0 Å². The smallest absolute Gasteiger partial charge is 0.335 e. The van der Waals surface area contributed by atoms with Gasteiger partial charge in [0.2, 0.25) is 5.88 Å². The molecular weight excluding hydrogens is 436 g/mol. The van der Waals surface area contributed by atoms with E-state index in [1.807, 2.05) is 13.0 Å². The molecule has 0 radical (unpaired) electrons. The third-order valence-electron chi connectivity index (χ3n) is 6.05. The molecule has 1 saturated heterocycles. The molecular formula is C24H24N6O4. The lowest BCUT2D eigenvalue weighted by atomic mass is 10.1. The summed E-state index contributed by atoms with van der Waals surface area (Å²) in [6, 6.07) is 10.6. The molecule has 1 fully saturated rings. The average Bonchev–Trinajstić information content (AvgIpc) is 3.19. The fourth-order valence-electron chi connectivity index (χ4n) is 4.27. The molecule has 0 atom stereocenters. The quantitative estimate of drug-likeness (QED) is 0.347. The van der Waals surface area contributed by atoms with Crippen LogP contribution in [-0.2, 0) is 0 Å². The molecule has 10 heteroatoms. The highest BCUT2D eigenvalue weighted by Crippen LogP contribution is 2.34. The van der Waals surface area contributed by atoms with Gasteiger partial charge in [-0.15, -0.1) is 0 Å². The summed E-state index contributed by atoms with van der Waals surface area (Å²) in [7, 11) is 0. The Balaban J connectivity index is 1.63. The van der Waals surface area contributed by atoms with E-state index in [-0.39, 0.29) is 11.3 Å². The van der Waals surface area contributed by atoms with Crippen LogP contribution < -0.4 is 21.8 Å². The maximum Gasteiger partial charge on any atom is 0.335 e. The number of aromatic hydroxyl groups is 1.